The second kappa shape index (κ2) is 5.40. The zero-order chi connectivity index (χ0) is 14.9. The van der Waals surface area contributed by atoms with Crippen molar-refractivity contribution in [3.63, 3.8) is 0 Å². The van der Waals surface area contributed by atoms with E-state index in [1.807, 2.05) is 20.8 Å². The molecule has 0 aliphatic heterocycles. The second-order valence-electron chi connectivity index (χ2n) is 4.83. The first-order valence-corrected chi connectivity index (χ1v) is 6.47. The van der Waals surface area contributed by atoms with E-state index in [1.54, 1.807) is 6.07 Å². The van der Waals surface area contributed by atoms with E-state index in [2.05, 4.69) is 10.3 Å². The molecule has 0 bridgehead atoms. The van der Waals surface area contributed by atoms with Gasteiger partial charge in [-0.05, 0) is 30.5 Å². The maximum absolute atomic E-state index is 13.9. The molecule has 20 heavy (non-hydrogen) atoms. The lowest BCUT2D eigenvalue weighted by Gasteiger charge is -2.14. The number of non-ortho nitro benzene ring substituents is 1. The molecule has 0 aliphatic carbocycles. The van der Waals surface area contributed by atoms with Crippen LogP contribution in [0.1, 0.15) is 32.3 Å². The highest BCUT2D eigenvalue weighted by atomic mass is 19.1. The number of nitro benzene ring substituents is 1. The van der Waals surface area contributed by atoms with Crippen LogP contribution < -0.4 is 5.32 Å². The van der Waals surface area contributed by atoms with Crippen molar-refractivity contribution in [1.82, 2.24) is 4.98 Å². The van der Waals surface area contributed by atoms with Gasteiger partial charge in [0.15, 0.2) is 0 Å². The molecule has 1 heterocycles. The van der Waals surface area contributed by atoms with Crippen LogP contribution in [-0.4, -0.2) is 16.5 Å². The van der Waals surface area contributed by atoms with Gasteiger partial charge < -0.3 is 5.32 Å². The van der Waals surface area contributed by atoms with Gasteiger partial charge in [0.2, 0.25) is 0 Å². The van der Waals surface area contributed by atoms with Gasteiger partial charge in [0.1, 0.15) is 17.2 Å². The lowest BCUT2D eigenvalue weighted by atomic mass is 10.0. The lowest BCUT2D eigenvalue weighted by molar-refractivity contribution is -0.383. The summed E-state index contributed by atoms with van der Waals surface area (Å²) < 4.78 is 13.9. The maximum Gasteiger partial charge on any atom is 0.278 e. The number of rotatable bonds is 4. The Hall–Kier alpha value is -2.24. The molecule has 0 aliphatic rings. The quantitative estimate of drug-likeness (QED) is 0.681. The van der Waals surface area contributed by atoms with Gasteiger partial charge in [0.05, 0.1) is 10.3 Å². The van der Waals surface area contributed by atoms with E-state index in [9.17, 15) is 14.5 Å². The fraction of sp³-hybridized carbons (Fsp3) is 0.357. The zero-order valence-corrected chi connectivity index (χ0v) is 11.6. The van der Waals surface area contributed by atoms with Gasteiger partial charge in [-0.3, -0.25) is 10.1 Å². The summed E-state index contributed by atoms with van der Waals surface area (Å²) in [5, 5.41) is 14.4. The van der Waals surface area contributed by atoms with Crippen LogP contribution in [0.15, 0.2) is 18.2 Å². The number of anilines is 1. The molecule has 0 amide bonds. The van der Waals surface area contributed by atoms with Crippen molar-refractivity contribution in [1.29, 1.82) is 0 Å². The number of hydrogen-bond donors (Lipinski definition) is 1. The molecule has 0 saturated carbocycles. The van der Waals surface area contributed by atoms with Crippen molar-refractivity contribution < 1.29 is 9.31 Å². The Labute approximate surface area is 116 Å². The van der Waals surface area contributed by atoms with Crippen LogP contribution in [0.2, 0.25) is 0 Å². The van der Waals surface area contributed by atoms with Crippen LogP contribution in [0.4, 0.5) is 15.9 Å². The zero-order valence-electron chi connectivity index (χ0n) is 11.6. The molecule has 0 unspecified atom stereocenters. The molecule has 0 spiro atoms. The molecule has 0 atom stereocenters. The summed E-state index contributed by atoms with van der Waals surface area (Å²) in [6.07, 6.45) is 0. The van der Waals surface area contributed by atoms with E-state index >= 15 is 0 Å². The van der Waals surface area contributed by atoms with Crippen LogP contribution in [0, 0.1) is 15.9 Å². The molecule has 1 aromatic carbocycles. The van der Waals surface area contributed by atoms with E-state index in [4.69, 9.17) is 0 Å². The number of nitrogens with one attached hydrogen (secondary N) is 1. The summed E-state index contributed by atoms with van der Waals surface area (Å²) in [6.45, 7) is 6.50. The number of halogens is 1. The van der Waals surface area contributed by atoms with Crippen LogP contribution in [-0.2, 0) is 0 Å². The summed E-state index contributed by atoms with van der Waals surface area (Å²) in [5.41, 5.74) is 0.742. The first kappa shape index (κ1) is 14.2. The summed E-state index contributed by atoms with van der Waals surface area (Å²) in [5.74, 6) is 0.151. The molecular weight excluding hydrogens is 261 g/mol. The van der Waals surface area contributed by atoms with Gasteiger partial charge in [0, 0.05) is 12.6 Å². The average molecular weight is 277 g/mol. The minimum atomic E-state index is -0.556. The van der Waals surface area contributed by atoms with Gasteiger partial charge in [-0.25, -0.2) is 9.37 Å². The molecule has 0 fully saturated rings. The van der Waals surface area contributed by atoms with E-state index in [0.29, 0.717) is 12.4 Å². The summed E-state index contributed by atoms with van der Waals surface area (Å²) in [4.78, 5) is 14.8. The molecule has 6 heteroatoms. The Morgan fingerprint density at radius 3 is 2.70 bits per heavy atom. The van der Waals surface area contributed by atoms with Gasteiger partial charge in [-0.1, -0.05) is 13.8 Å². The van der Waals surface area contributed by atoms with Crippen molar-refractivity contribution in [2.75, 3.05) is 11.9 Å². The molecule has 2 aromatic rings. The number of benzene rings is 1. The number of nitrogens with zero attached hydrogens (tertiary/aromatic N) is 2. The number of nitro groups is 1. The molecular formula is C14H16FN3O2. The van der Waals surface area contributed by atoms with Crippen molar-refractivity contribution in [3.8, 4) is 0 Å². The van der Waals surface area contributed by atoms with E-state index in [1.165, 1.54) is 6.07 Å². The van der Waals surface area contributed by atoms with E-state index < -0.39 is 10.7 Å². The predicted molar refractivity (Wildman–Crippen MR) is 76.6 cm³/mol. The number of fused-ring (bicyclic) bond motifs is 1. The highest BCUT2D eigenvalue weighted by Gasteiger charge is 2.19. The van der Waals surface area contributed by atoms with Crippen LogP contribution in [0.5, 0.6) is 0 Å². The highest BCUT2D eigenvalue weighted by molar-refractivity contribution is 5.90. The first-order valence-electron chi connectivity index (χ1n) is 6.47. The van der Waals surface area contributed by atoms with Gasteiger partial charge in [-0.15, -0.1) is 0 Å². The number of aromatic nitrogens is 1. The third-order valence-electron chi connectivity index (χ3n) is 3.10. The Balaban J connectivity index is 2.82. The van der Waals surface area contributed by atoms with Crippen molar-refractivity contribution in [3.05, 3.63) is 39.7 Å². The second-order valence-corrected chi connectivity index (χ2v) is 4.83. The van der Waals surface area contributed by atoms with Crippen LogP contribution in [0.25, 0.3) is 10.9 Å². The smallest absolute Gasteiger partial charge is 0.278 e. The molecule has 1 aromatic heterocycles. The molecule has 1 N–H and O–H groups in total. The lowest BCUT2D eigenvalue weighted by Crippen LogP contribution is -2.06. The third-order valence-corrected chi connectivity index (χ3v) is 3.10. The summed E-state index contributed by atoms with van der Waals surface area (Å²) >= 11 is 0. The SMILES string of the molecule is CCNc1nc2c(F)ccc([N+](=O)[O-])c2cc1C(C)C. The number of hydrogen-bond acceptors (Lipinski definition) is 4. The monoisotopic (exact) mass is 277 g/mol. The fourth-order valence-electron chi connectivity index (χ4n) is 2.14. The van der Waals surface area contributed by atoms with Crippen molar-refractivity contribution in [2.24, 2.45) is 0 Å². The fourth-order valence-corrected chi connectivity index (χ4v) is 2.14. The predicted octanol–water partition coefficient (Wildman–Crippen LogP) is 3.84. The Morgan fingerprint density at radius 2 is 2.15 bits per heavy atom. The Bertz CT molecular complexity index is 671. The van der Waals surface area contributed by atoms with Gasteiger partial charge >= 0.3 is 0 Å². The summed E-state index contributed by atoms with van der Waals surface area (Å²) in [7, 11) is 0. The standard InChI is InChI=1S/C14H16FN3O2/c1-4-16-14-9(8(2)3)7-10-12(18(19)20)6-5-11(15)13(10)17-14/h5-8H,4H2,1-3H3,(H,16,17). The largest absolute Gasteiger partial charge is 0.370 e. The Kier molecular flexibility index (Phi) is 3.83. The van der Waals surface area contributed by atoms with Crippen LogP contribution >= 0.6 is 0 Å². The van der Waals surface area contributed by atoms with Gasteiger partial charge in [-0.2, -0.15) is 0 Å². The average Bonchev–Trinajstić information content (AvgIpc) is 2.38. The minimum Gasteiger partial charge on any atom is -0.370 e. The third kappa shape index (κ3) is 2.41. The molecule has 0 saturated heterocycles. The van der Waals surface area contributed by atoms with Gasteiger partial charge in [0.25, 0.3) is 5.69 Å². The molecule has 106 valence electrons. The minimum absolute atomic E-state index is 0.0274. The molecule has 0 radical (unpaired) electrons. The van der Waals surface area contributed by atoms with Crippen molar-refractivity contribution >= 4 is 22.4 Å². The summed E-state index contributed by atoms with van der Waals surface area (Å²) in [6, 6.07) is 3.92. The van der Waals surface area contributed by atoms with Crippen molar-refractivity contribution in [2.45, 2.75) is 26.7 Å². The van der Waals surface area contributed by atoms with E-state index in [0.717, 1.165) is 11.6 Å². The Morgan fingerprint density at radius 1 is 1.45 bits per heavy atom. The topological polar surface area (TPSA) is 68.1 Å². The van der Waals surface area contributed by atoms with Crippen LogP contribution in [0.3, 0.4) is 0 Å². The van der Waals surface area contributed by atoms with E-state index in [-0.39, 0.29) is 22.5 Å². The number of pyridine rings is 1. The normalized spacial score (nSPS) is 11.1. The highest BCUT2D eigenvalue weighted by Crippen LogP contribution is 2.32. The molecule has 2 rings (SSSR count). The molecule has 5 nitrogen and oxygen atoms in total. The first-order chi connectivity index (χ1) is 9.45. The maximum atomic E-state index is 13.9.